The molecule has 2 heterocycles. The number of ketones is 1. The molecule has 0 unspecified atom stereocenters. The second-order valence-corrected chi connectivity index (χ2v) is 14.1. The van der Waals surface area contributed by atoms with Gasteiger partial charge in [0.25, 0.3) is 5.91 Å². The number of Topliss-reactive ketones (excluding diaryl/α,β-unsaturated/α-hetero) is 1. The molecule has 0 aromatic heterocycles. The van der Waals surface area contributed by atoms with Gasteiger partial charge in [-0.2, -0.15) is 0 Å². The van der Waals surface area contributed by atoms with Gasteiger partial charge >= 0.3 is 6.09 Å². The van der Waals surface area contributed by atoms with E-state index in [4.69, 9.17) is 4.74 Å². The van der Waals surface area contributed by atoms with Gasteiger partial charge in [0, 0.05) is 25.4 Å². The SMILES string of the molecule is CC(C)(C)OC(=O)N[C@H]1CCCCC(F)(F)CCCC[C@@H](C(=O)C(=O)NC2CC2)NC(=O)[C@@H]2[C@@H]3[C@H](CN2C1=O)C3(C)C. The number of hydrogen-bond acceptors (Lipinski definition) is 6. The highest BCUT2D eigenvalue weighted by Crippen LogP contribution is 2.65. The smallest absolute Gasteiger partial charge is 0.408 e. The Morgan fingerprint density at radius 2 is 1.57 bits per heavy atom. The molecule has 0 aromatic carbocycles. The monoisotopic (exact) mass is 596 g/mol. The standard InChI is InChI=1S/C30H46F2N4O6/c1-28(2,3)42-27(41)35-20-11-7-9-15-30(31,32)14-8-6-10-19(23(37)25(39)33-17-12-13-17)34-24(38)22-21-18(29(21,4)5)16-36(22)26(20)40/h17-22H,6-16H2,1-5H3,(H,33,39)(H,34,38)(H,35,41)/t18-,19-,20-,21-,22-/m0/s1. The summed E-state index contributed by atoms with van der Waals surface area (Å²) in [6.07, 6.45) is 0.938. The van der Waals surface area contributed by atoms with Crippen LogP contribution in [0.5, 0.6) is 0 Å². The first-order valence-electron chi connectivity index (χ1n) is 15.3. The third-order valence-corrected chi connectivity index (χ3v) is 9.09. The van der Waals surface area contributed by atoms with Crippen LogP contribution in [0.2, 0.25) is 0 Å². The number of hydrogen-bond donors (Lipinski definition) is 3. The Bertz CT molecular complexity index is 1090. The summed E-state index contributed by atoms with van der Waals surface area (Å²) >= 11 is 0. The largest absolute Gasteiger partial charge is 0.444 e. The second-order valence-electron chi connectivity index (χ2n) is 14.1. The molecule has 4 amide bonds. The fourth-order valence-electron chi connectivity index (χ4n) is 6.48. The Balaban J connectivity index is 1.59. The van der Waals surface area contributed by atoms with E-state index < -0.39 is 59.2 Å². The summed E-state index contributed by atoms with van der Waals surface area (Å²) in [7, 11) is 0. The number of piperidine rings is 1. The van der Waals surface area contributed by atoms with Gasteiger partial charge in [-0.15, -0.1) is 0 Å². The normalized spacial score (nSPS) is 31.7. The number of halogens is 2. The molecule has 5 atom stereocenters. The first kappa shape index (κ1) is 32.1. The summed E-state index contributed by atoms with van der Waals surface area (Å²) < 4.78 is 34.6. The maximum Gasteiger partial charge on any atom is 0.408 e. The molecule has 0 radical (unpaired) electrons. The minimum absolute atomic E-state index is 0.0414. The first-order chi connectivity index (χ1) is 19.5. The Labute approximate surface area is 246 Å². The molecule has 2 saturated carbocycles. The number of fused-ring (bicyclic) bond motifs is 3. The quantitative estimate of drug-likeness (QED) is 0.426. The van der Waals surface area contributed by atoms with Gasteiger partial charge in [-0.1, -0.05) is 26.7 Å². The van der Waals surface area contributed by atoms with Gasteiger partial charge in [0.2, 0.25) is 23.5 Å². The van der Waals surface area contributed by atoms with Crippen LogP contribution >= 0.6 is 0 Å². The van der Waals surface area contributed by atoms with Crippen LogP contribution in [0.3, 0.4) is 0 Å². The van der Waals surface area contributed by atoms with E-state index in [1.54, 1.807) is 20.8 Å². The maximum atomic E-state index is 14.6. The molecular weight excluding hydrogens is 550 g/mol. The molecule has 2 saturated heterocycles. The van der Waals surface area contributed by atoms with Crippen molar-refractivity contribution < 1.29 is 37.5 Å². The van der Waals surface area contributed by atoms with E-state index in [9.17, 15) is 32.8 Å². The summed E-state index contributed by atoms with van der Waals surface area (Å²) in [4.78, 5) is 67.6. The lowest BCUT2D eigenvalue weighted by molar-refractivity contribution is -0.144. The van der Waals surface area contributed by atoms with Crippen LogP contribution in [0.1, 0.15) is 98.8 Å². The third-order valence-electron chi connectivity index (χ3n) is 9.09. The number of alkyl carbamates (subject to hydrolysis) is 1. The van der Waals surface area contributed by atoms with Gasteiger partial charge in [-0.05, 0) is 76.5 Å². The van der Waals surface area contributed by atoms with Crippen LogP contribution in [-0.2, 0) is 23.9 Å². The van der Waals surface area contributed by atoms with E-state index in [1.165, 1.54) is 4.90 Å². The molecule has 0 aromatic rings. The van der Waals surface area contributed by atoms with Crippen LogP contribution in [0.4, 0.5) is 13.6 Å². The number of ether oxygens (including phenoxy) is 1. The Hall–Kier alpha value is -2.79. The lowest BCUT2D eigenvalue weighted by atomic mass is 9.96. The van der Waals surface area contributed by atoms with E-state index in [2.05, 4.69) is 16.0 Å². The Morgan fingerprint density at radius 1 is 0.952 bits per heavy atom. The number of amides is 4. The van der Waals surface area contributed by atoms with E-state index in [-0.39, 0.29) is 74.7 Å². The molecular formula is C30H46F2N4O6. The zero-order valence-corrected chi connectivity index (χ0v) is 25.4. The highest BCUT2D eigenvalue weighted by molar-refractivity contribution is 6.38. The maximum absolute atomic E-state index is 14.6. The summed E-state index contributed by atoms with van der Waals surface area (Å²) in [5.41, 5.74) is -1.02. The molecule has 2 aliphatic carbocycles. The fraction of sp³-hybridized carbons (Fsp3) is 0.833. The molecule has 0 spiro atoms. The highest BCUT2D eigenvalue weighted by atomic mass is 19.3. The molecule has 4 rings (SSSR count). The number of nitrogens with one attached hydrogen (secondary N) is 3. The molecule has 236 valence electrons. The van der Waals surface area contributed by atoms with Crippen molar-refractivity contribution in [3.63, 3.8) is 0 Å². The van der Waals surface area contributed by atoms with Crippen LogP contribution in [0.25, 0.3) is 0 Å². The molecule has 2 aliphatic heterocycles. The highest BCUT2D eigenvalue weighted by Gasteiger charge is 2.69. The number of alkyl halides is 2. The first-order valence-corrected chi connectivity index (χ1v) is 15.3. The average molecular weight is 597 g/mol. The van der Waals surface area contributed by atoms with Crippen molar-refractivity contribution in [1.82, 2.24) is 20.9 Å². The van der Waals surface area contributed by atoms with Crippen molar-refractivity contribution in [3.05, 3.63) is 0 Å². The Morgan fingerprint density at radius 3 is 2.17 bits per heavy atom. The molecule has 4 aliphatic rings. The summed E-state index contributed by atoms with van der Waals surface area (Å²) in [5.74, 6) is -5.69. The summed E-state index contributed by atoms with van der Waals surface area (Å²) in [5, 5.41) is 7.98. The lowest BCUT2D eigenvalue weighted by Crippen LogP contribution is -2.58. The van der Waals surface area contributed by atoms with Gasteiger partial charge in [-0.3, -0.25) is 19.2 Å². The summed E-state index contributed by atoms with van der Waals surface area (Å²) in [6, 6.07) is -3.21. The molecule has 10 nitrogen and oxygen atoms in total. The number of rotatable bonds is 4. The predicted octanol–water partition coefficient (Wildman–Crippen LogP) is 3.46. The van der Waals surface area contributed by atoms with Gasteiger partial charge in [0.1, 0.15) is 17.7 Å². The second kappa shape index (κ2) is 12.1. The van der Waals surface area contributed by atoms with E-state index in [0.29, 0.717) is 6.54 Å². The van der Waals surface area contributed by atoms with Crippen LogP contribution in [-0.4, -0.2) is 76.7 Å². The van der Waals surface area contributed by atoms with Gasteiger partial charge in [0.05, 0.1) is 6.04 Å². The molecule has 3 N–H and O–H groups in total. The van der Waals surface area contributed by atoms with Crippen molar-refractivity contribution in [2.24, 2.45) is 17.3 Å². The zero-order chi connectivity index (χ0) is 31.0. The van der Waals surface area contributed by atoms with Crippen molar-refractivity contribution in [3.8, 4) is 0 Å². The van der Waals surface area contributed by atoms with Gasteiger partial charge < -0.3 is 25.6 Å². The minimum Gasteiger partial charge on any atom is -0.444 e. The number of nitrogens with zero attached hydrogens (tertiary/aromatic N) is 1. The van der Waals surface area contributed by atoms with Crippen LogP contribution in [0, 0.1) is 17.3 Å². The average Bonchev–Trinajstić information content (AvgIpc) is 3.72. The predicted molar refractivity (Wildman–Crippen MR) is 149 cm³/mol. The lowest BCUT2D eigenvalue weighted by Gasteiger charge is -2.34. The van der Waals surface area contributed by atoms with Crippen molar-refractivity contribution >= 4 is 29.6 Å². The summed E-state index contributed by atoms with van der Waals surface area (Å²) in [6.45, 7) is 9.41. The van der Waals surface area contributed by atoms with Gasteiger partial charge in [0.15, 0.2) is 0 Å². The molecule has 12 heteroatoms. The van der Waals surface area contributed by atoms with Crippen LogP contribution < -0.4 is 16.0 Å². The van der Waals surface area contributed by atoms with Crippen molar-refractivity contribution in [2.75, 3.05) is 6.54 Å². The van der Waals surface area contributed by atoms with Crippen molar-refractivity contribution in [2.45, 2.75) is 135 Å². The zero-order valence-electron chi connectivity index (χ0n) is 25.4. The minimum atomic E-state index is -2.94. The molecule has 4 fully saturated rings. The third kappa shape index (κ3) is 7.78. The fourth-order valence-corrected chi connectivity index (χ4v) is 6.48. The Kier molecular flexibility index (Phi) is 9.23. The number of carbonyl (C=O) groups excluding carboxylic acids is 5. The number of carbonyl (C=O) groups is 5. The molecule has 0 bridgehead atoms. The van der Waals surface area contributed by atoms with Crippen LogP contribution in [0.15, 0.2) is 0 Å². The van der Waals surface area contributed by atoms with Crippen molar-refractivity contribution in [1.29, 1.82) is 0 Å². The topological polar surface area (TPSA) is 134 Å². The van der Waals surface area contributed by atoms with E-state index in [1.807, 2.05) is 13.8 Å². The van der Waals surface area contributed by atoms with E-state index >= 15 is 0 Å². The molecule has 42 heavy (non-hydrogen) atoms. The van der Waals surface area contributed by atoms with Gasteiger partial charge in [-0.25, -0.2) is 13.6 Å². The van der Waals surface area contributed by atoms with E-state index in [0.717, 1.165) is 12.8 Å².